The second-order valence-corrected chi connectivity index (χ2v) is 4.40. The summed E-state index contributed by atoms with van der Waals surface area (Å²) in [5.41, 5.74) is 5.75. The molecule has 1 aliphatic rings. The smallest absolute Gasteiger partial charge is 0.289 e. The number of hydrogen-bond acceptors (Lipinski definition) is 3. The number of rotatable bonds is 2. The summed E-state index contributed by atoms with van der Waals surface area (Å²) in [6, 6.07) is 3.58. The van der Waals surface area contributed by atoms with Crippen molar-refractivity contribution < 1.29 is 9.21 Å². The van der Waals surface area contributed by atoms with E-state index in [9.17, 15) is 4.79 Å². The van der Waals surface area contributed by atoms with E-state index in [2.05, 4.69) is 6.92 Å². The van der Waals surface area contributed by atoms with E-state index < -0.39 is 0 Å². The minimum Gasteiger partial charge on any atom is -0.459 e. The first-order valence-electron chi connectivity index (χ1n) is 5.78. The third-order valence-corrected chi connectivity index (χ3v) is 3.35. The number of amides is 1. The molecule has 2 atom stereocenters. The molecule has 0 bridgehead atoms. The Morgan fingerprint density at radius 2 is 2.50 bits per heavy atom. The second-order valence-electron chi connectivity index (χ2n) is 4.40. The lowest BCUT2D eigenvalue weighted by Gasteiger charge is -2.38. The number of hydrogen-bond donors (Lipinski definition) is 1. The Kier molecular flexibility index (Phi) is 3.29. The van der Waals surface area contributed by atoms with Crippen molar-refractivity contribution in [3.63, 3.8) is 0 Å². The van der Waals surface area contributed by atoms with Gasteiger partial charge in [-0.2, -0.15) is 0 Å². The lowest BCUT2D eigenvalue weighted by molar-refractivity contribution is 0.0501. The van der Waals surface area contributed by atoms with Gasteiger partial charge < -0.3 is 15.1 Å². The first kappa shape index (κ1) is 11.2. The van der Waals surface area contributed by atoms with E-state index in [-0.39, 0.29) is 11.9 Å². The molecule has 2 heterocycles. The van der Waals surface area contributed by atoms with Crippen LogP contribution in [0.5, 0.6) is 0 Å². The van der Waals surface area contributed by atoms with E-state index in [4.69, 9.17) is 10.2 Å². The fourth-order valence-corrected chi connectivity index (χ4v) is 2.40. The Morgan fingerprint density at radius 3 is 3.12 bits per heavy atom. The van der Waals surface area contributed by atoms with Gasteiger partial charge in [-0.1, -0.05) is 6.92 Å². The molecule has 1 fully saturated rings. The number of piperidine rings is 1. The molecule has 1 saturated heterocycles. The Labute approximate surface area is 95.4 Å². The van der Waals surface area contributed by atoms with Crippen LogP contribution < -0.4 is 5.73 Å². The third-order valence-electron chi connectivity index (χ3n) is 3.35. The number of nitrogens with two attached hydrogens (primary N) is 1. The summed E-state index contributed by atoms with van der Waals surface area (Å²) in [6.07, 6.45) is 3.71. The van der Waals surface area contributed by atoms with Gasteiger partial charge in [-0.25, -0.2) is 0 Å². The first-order chi connectivity index (χ1) is 7.74. The Morgan fingerprint density at radius 1 is 1.69 bits per heavy atom. The quantitative estimate of drug-likeness (QED) is 0.824. The van der Waals surface area contributed by atoms with E-state index in [1.165, 1.54) is 6.26 Å². The number of carbonyl (C=O) groups excluding carboxylic acids is 1. The molecule has 1 aromatic heterocycles. The lowest BCUT2D eigenvalue weighted by atomic mass is 9.90. The van der Waals surface area contributed by atoms with E-state index in [1.54, 1.807) is 12.1 Å². The molecule has 1 amide bonds. The van der Waals surface area contributed by atoms with Gasteiger partial charge in [0.25, 0.3) is 5.91 Å². The van der Waals surface area contributed by atoms with E-state index >= 15 is 0 Å². The Hall–Kier alpha value is -1.29. The van der Waals surface area contributed by atoms with E-state index in [1.807, 2.05) is 4.90 Å². The highest BCUT2D eigenvalue weighted by molar-refractivity contribution is 5.91. The molecule has 88 valence electrons. The van der Waals surface area contributed by atoms with Crippen LogP contribution in [0.3, 0.4) is 0 Å². The molecule has 0 aromatic carbocycles. The molecule has 0 radical (unpaired) electrons. The zero-order valence-electron chi connectivity index (χ0n) is 9.56. The summed E-state index contributed by atoms with van der Waals surface area (Å²) in [6.45, 7) is 3.46. The molecule has 4 nitrogen and oxygen atoms in total. The molecule has 0 spiro atoms. The van der Waals surface area contributed by atoms with Crippen molar-refractivity contribution in [1.29, 1.82) is 0 Å². The van der Waals surface area contributed by atoms with Crippen molar-refractivity contribution >= 4 is 5.91 Å². The highest BCUT2D eigenvalue weighted by Crippen LogP contribution is 2.24. The van der Waals surface area contributed by atoms with Crippen molar-refractivity contribution in [3.05, 3.63) is 24.2 Å². The average molecular weight is 222 g/mol. The van der Waals surface area contributed by atoms with Gasteiger partial charge in [0, 0.05) is 19.1 Å². The van der Waals surface area contributed by atoms with E-state index in [0.29, 0.717) is 18.2 Å². The van der Waals surface area contributed by atoms with Crippen LogP contribution in [0.15, 0.2) is 22.8 Å². The van der Waals surface area contributed by atoms with Crippen molar-refractivity contribution in [2.75, 3.05) is 13.1 Å². The molecular weight excluding hydrogens is 204 g/mol. The van der Waals surface area contributed by atoms with Gasteiger partial charge in [-0.3, -0.25) is 4.79 Å². The van der Waals surface area contributed by atoms with Gasteiger partial charge in [0.1, 0.15) is 0 Å². The van der Waals surface area contributed by atoms with E-state index in [0.717, 1.165) is 19.4 Å². The maximum Gasteiger partial charge on any atom is 0.289 e. The van der Waals surface area contributed by atoms with Crippen LogP contribution in [0, 0.1) is 5.92 Å². The summed E-state index contributed by atoms with van der Waals surface area (Å²) in [4.78, 5) is 14.0. The summed E-state index contributed by atoms with van der Waals surface area (Å²) < 4.78 is 5.14. The van der Waals surface area contributed by atoms with Crippen LogP contribution in [-0.2, 0) is 0 Å². The van der Waals surface area contributed by atoms with Crippen LogP contribution in [0.4, 0.5) is 0 Å². The maximum atomic E-state index is 12.2. The average Bonchev–Trinajstić information content (AvgIpc) is 2.81. The highest BCUT2D eigenvalue weighted by Gasteiger charge is 2.32. The van der Waals surface area contributed by atoms with Crippen molar-refractivity contribution in [2.45, 2.75) is 25.8 Å². The molecule has 0 unspecified atom stereocenters. The van der Waals surface area contributed by atoms with Crippen molar-refractivity contribution in [2.24, 2.45) is 11.7 Å². The van der Waals surface area contributed by atoms with Crippen molar-refractivity contribution in [1.82, 2.24) is 4.90 Å². The number of carbonyl (C=O) groups is 1. The fourth-order valence-electron chi connectivity index (χ4n) is 2.40. The summed E-state index contributed by atoms with van der Waals surface area (Å²) in [5, 5.41) is 0. The third kappa shape index (κ3) is 1.97. The SMILES string of the molecule is C[C@H]1CCCN(C(=O)c2ccco2)[C@@H]1CN. The molecule has 2 N–H and O–H groups in total. The summed E-state index contributed by atoms with van der Waals surface area (Å²) >= 11 is 0. The molecule has 0 aliphatic carbocycles. The topological polar surface area (TPSA) is 59.5 Å². The molecule has 2 rings (SSSR count). The maximum absolute atomic E-state index is 12.2. The van der Waals surface area contributed by atoms with Gasteiger partial charge in [0.15, 0.2) is 5.76 Å². The summed E-state index contributed by atoms with van der Waals surface area (Å²) in [5.74, 6) is 0.845. The number of nitrogens with zero attached hydrogens (tertiary/aromatic N) is 1. The minimum absolute atomic E-state index is 0.0352. The fraction of sp³-hybridized carbons (Fsp3) is 0.583. The number of furan rings is 1. The highest BCUT2D eigenvalue weighted by atomic mass is 16.3. The van der Waals surface area contributed by atoms with Crippen LogP contribution in [0.2, 0.25) is 0 Å². The van der Waals surface area contributed by atoms with Gasteiger partial charge >= 0.3 is 0 Å². The minimum atomic E-state index is -0.0352. The number of likely N-dealkylation sites (tertiary alicyclic amines) is 1. The predicted octanol–water partition coefficient (Wildman–Crippen LogP) is 1.48. The Balaban J connectivity index is 2.15. The zero-order chi connectivity index (χ0) is 11.5. The molecule has 0 saturated carbocycles. The largest absolute Gasteiger partial charge is 0.459 e. The first-order valence-corrected chi connectivity index (χ1v) is 5.78. The molecule has 1 aliphatic heterocycles. The van der Waals surface area contributed by atoms with Crippen LogP contribution in [0.1, 0.15) is 30.3 Å². The van der Waals surface area contributed by atoms with Crippen LogP contribution in [0.25, 0.3) is 0 Å². The molecule has 1 aromatic rings. The molecule has 16 heavy (non-hydrogen) atoms. The standard InChI is InChI=1S/C12H18N2O2/c1-9-4-2-6-14(10(9)8-13)12(15)11-5-3-7-16-11/h3,5,7,9-10H,2,4,6,8,13H2,1H3/t9-,10+/m0/s1. The van der Waals surface area contributed by atoms with Gasteiger partial charge in [0.05, 0.1) is 6.26 Å². The van der Waals surface area contributed by atoms with Gasteiger partial charge in [-0.15, -0.1) is 0 Å². The van der Waals surface area contributed by atoms with Gasteiger partial charge in [-0.05, 0) is 30.9 Å². The second kappa shape index (κ2) is 4.70. The van der Waals surface area contributed by atoms with Gasteiger partial charge in [0.2, 0.25) is 0 Å². The molecule has 4 heteroatoms. The lowest BCUT2D eigenvalue weighted by Crippen LogP contribution is -2.51. The normalized spacial score (nSPS) is 25.8. The monoisotopic (exact) mass is 222 g/mol. The predicted molar refractivity (Wildman–Crippen MR) is 61.0 cm³/mol. The van der Waals surface area contributed by atoms with Crippen molar-refractivity contribution in [3.8, 4) is 0 Å². The molecular formula is C12H18N2O2. The zero-order valence-corrected chi connectivity index (χ0v) is 9.56. The Bertz CT molecular complexity index is 348. The summed E-state index contributed by atoms with van der Waals surface area (Å²) in [7, 11) is 0. The van der Waals surface area contributed by atoms with Crippen LogP contribution >= 0.6 is 0 Å². The van der Waals surface area contributed by atoms with Crippen LogP contribution in [-0.4, -0.2) is 29.9 Å².